The molecule has 2 N–H and O–H groups in total. The highest BCUT2D eigenvalue weighted by Crippen LogP contribution is 2.49. The van der Waals surface area contributed by atoms with Crippen LogP contribution in [0, 0.1) is 0 Å². The Balaban J connectivity index is 1.81. The molecule has 0 aromatic heterocycles. The molecule has 4 rings (SSSR count). The summed E-state index contributed by atoms with van der Waals surface area (Å²) < 4.78 is 16.2. The van der Waals surface area contributed by atoms with Crippen LogP contribution in [-0.4, -0.2) is 43.0 Å². The summed E-state index contributed by atoms with van der Waals surface area (Å²) in [5.41, 5.74) is 4.20. The van der Waals surface area contributed by atoms with Crippen LogP contribution in [0.1, 0.15) is 28.3 Å². The maximum atomic E-state index is 10.7. The zero-order chi connectivity index (χ0) is 18.4. The summed E-state index contributed by atoms with van der Waals surface area (Å²) in [4.78, 5) is 2.36. The van der Waals surface area contributed by atoms with Gasteiger partial charge in [-0.15, -0.1) is 0 Å². The Kier molecular flexibility index (Phi) is 4.07. The lowest BCUT2D eigenvalue weighted by atomic mass is 9.83. The maximum absolute atomic E-state index is 10.7. The summed E-state index contributed by atoms with van der Waals surface area (Å²) in [6.07, 6.45) is 1.52. The van der Waals surface area contributed by atoms with Crippen LogP contribution in [0.5, 0.6) is 28.7 Å². The average molecular weight is 357 g/mol. The molecule has 2 aliphatic rings. The van der Waals surface area contributed by atoms with Crippen molar-refractivity contribution < 1.29 is 24.4 Å². The summed E-state index contributed by atoms with van der Waals surface area (Å²) in [6.45, 7) is 1.52. The molecule has 0 spiro atoms. The average Bonchev–Trinajstić information content (AvgIpc) is 2.66. The number of ether oxygens (including phenoxy) is 3. The topological polar surface area (TPSA) is 71.4 Å². The number of phenols is 2. The van der Waals surface area contributed by atoms with Crippen molar-refractivity contribution in [2.24, 2.45) is 0 Å². The standard InChI is InChI=1S/C20H23NO5/c1-24-17-9-13-12(18(23)20(17)26-3)6-7-21-10-14-11(8-15(13)21)4-5-16(22)19(14)25-2/h4-5,9,15,22-23H,6-8,10H2,1-3H3/t15-/m0/s1. The molecule has 6 heteroatoms. The highest BCUT2D eigenvalue weighted by molar-refractivity contribution is 5.61. The third-order valence-corrected chi connectivity index (χ3v) is 5.55. The molecule has 0 fully saturated rings. The molecule has 0 amide bonds. The van der Waals surface area contributed by atoms with Crippen LogP contribution in [0.15, 0.2) is 18.2 Å². The number of aromatic hydroxyl groups is 2. The summed E-state index contributed by atoms with van der Waals surface area (Å²) in [5.74, 6) is 1.84. The summed E-state index contributed by atoms with van der Waals surface area (Å²) in [6, 6.07) is 5.77. The van der Waals surface area contributed by atoms with Gasteiger partial charge in [-0.1, -0.05) is 6.07 Å². The number of methoxy groups -OCH3 is 3. The van der Waals surface area contributed by atoms with E-state index in [-0.39, 0.29) is 17.5 Å². The Bertz CT molecular complexity index is 864. The Labute approximate surface area is 152 Å². The van der Waals surface area contributed by atoms with Crippen molar-refractivity contribution in [3.8, 4) is 28.7 Å². The molecule has 1 atom stereocenters. The number of phenolic OH excluding ortho intramolecular Hbond substituents is 2. The van der Waals surface area contributed by atoms with E-state index >= 15 is 0 Å². The number of benzene rings is 2. The largest absolute Gasteiger partial charge is 0.504 e. The predicted octanol–water partition coefficient (Wildman–Crippen LogP) is 2.78. The minimum absolute atomic E-state index is 0.145. The zero-order valence-corrected chi connectivity index (χ0v) is 15.2. The number of hydrogen-bond donors (Lipinski definition) is 2. The minimum Gasteiger partial charge on any atom is -0.504 e. The quantitative estimate of drug-likeness (QED) is 0.880. The smallest absolute Gasteiger partial charge is 0.203 e. The first-order chi connectivity index (χ1) is 12.6. The van der Waals surface area contributed by atoms with Crippen LogP contribution in [0.2, 0.25) is 0 Å². The Morgan fingerprint density at radius 3 is 2.46 bits per heavy atom. The van der Waals surface area contributed by atoms with E-state index in [2.05, 4.69) is 4.90 Å². The molecule has 2 aliphatic heterocycles. The van der Waals surface area contributed by atoms with Gasteiger partial charge >= 0.3 is 0 Å². The number of hydrogen-bond acceptors (Lipinski definition) is 6. The monoisotopic (exact) mass is 357 g/mol. The van der Waals surface area contributed by atoms with Gasteiger partial charge in [-0.25, -0.2) is 0 Å². The molecule has 0 bridgehead atoms. The lowest BCUT2D eigenvalue weighted by molar-refractivity contribution is 0.155. The fraction of sp³-hybridized carbons (Fsp3) is 0.400. The van der Waals surface area contributed by atoms with Crippen LogP contribution in [-0.2, 0) is 19.4 Å². The first-order valence-corrected chi connectivity index (χ1v) is 8.67. The second kappa shape index (κ2) is 6.29. The fourth-order valence-electron chi connectivity index (χ4n) is 4.29. The van der Waals surface area contributed by atoms with E-state index in [1.807, 2.05) is 12.1 Å². The van der Waals surface area contributed by atoms with Gasteiger partial charge in [-0.05, 0) is 36.1 Å². The molecule has 0 saturated heterocycles. The van der Waals surface area contributed by atoms with Gasteiger partial charge in [0.15, 0.2) is 23.0 Å². The highest BCUT2D eigenvalue weighted by Gasteiger charge is 2.36. The third-order valence-electron chi connectivity index (χ3n) is 5.55. The molecule has 0 saturated carbocycles. The molecule has 2 heterocycles. The van der Waals surface area contributed by atoms with E-state index in [9.17, 15) is 10.2 Å². The second-order valence-corrected chi connectivity index (χ2v) is 6.72. The van der Waals surface area contributed by atoms with E-state index in [0.717, 1.165) is 41.6 Å². The Morgan fingerprint density at radius 1 is 1.00 bits per heavy atom. The van der Waals surface area contributed by atoms with Crippen molar-refractivity contribution in [2.75, 3.05) is 27.9 Å². The second-order valence-electron chi connectivity index (χ2n) is 6.72. The van der Waals surface area contributed by atoms with Gasteiger partial charge in [-0.3, -0.25) is 4.90 Å². The number of rotatable bonds is 3. The van der Waals surface area contributed by atoms with Gasteiger partial charge in [0, 0.05) is 30.3 Å². The van der Waals surface area contributed by atoms with E-state index in [4.69, 9.17) is 14.2 Å². The molecular formula is C20H23NO5. The molecule has 2 aromatic rings. The van der Waals surface area contributed by atoms with Gasteiger partial charge in [0.25, 0.3) is 0 Å². The van der Waals surface area contributed by atoms with E-state index in [1.165, 1.54) is 7.11 Å². The molecular weight excluding hydrogens is 334 g/mol. The van der Waals surface area contributed by atoms with E-state index in [0.29, 0.717) is 23.8 Å². The van der Waals surface area contributed by atoms with E-state index < -0.39 is 0 Å². The van der Waals surface area contributed by atoms with Crippen molar-refractivity contribution in [1.29, 1.82) is 0 Å². The van der Waals surface area contributed by atoms with Crippen LogP contribution in [0.25, 0.3) is 0 Å². The molecule has 26 heavy (non-hydrogen) atoms. The molecule has 138 valence electrons. The summed E-state index contributed by atoms with van der Waals surface area (Å²) >= 11 is 0. The van der Waals surface area contributed by atoms with Gasteiger partial charge in [0.05, 0.1) is 21.3 Å². The number of nitrogens with zero attached hydrogens (tertiary/aromatic N) is 1. The first-order valence-electron chi connectivity index (χ1n) is 8.67. The Hall–Kier alpha value is -2.60. The third kappa shape index (κ3) is 2.36. The fourth-order valence-corrected chi connectivity index (χ4v) is 4.29. The van der Waals surface area contributed by atoms with Gasteiger partial charge < -0.3 is 24.4 Å². The van der Waals surface area contributed by atoms with Crippen molar-refractivity contribution >= 4 is 0 Å². The van der Waals surface area contributed by atoms with Gasteiger partial charge in [0.1, 0.15) is 0 Å². The van der Waals surface area contributed by atoms with Crippen LogP contribution < -0.4 is 14.2 Å². The van der Waals surface area contributed by atoms with Crippen molar-refractivity contribution in [3.63, 3.8) is 0 Å². The Morgan fingerprint density at radius 2 is 1.77 bits per heavy atom. The molecule has 0 radical (unpaired) electrons. The molecule has 0 unspecified atom stereocenters. The molecule has 0 aliphatic carbocycles. The van der Waals surface area contributed by atoms with Crippen molar-refractivity contribution in [1.82, 2.24) is 4.90 Å². The van der Waals surface area contributed by atoms with Crippen LogP contribution in [0.3, 0.4) is 0 Å². The number of fused-ring (bicyclic) bond motifs is 4. The minimum atomic E-state index is 0.145. The maximum Gasteiger partial charge on any atom is 0.203 e. The summed E-state index contributed by atoms with van der Waals surface area (Å²) in [5, 5.41) is 20.7. The van der Waals surface area contributed by atoms with E-state index in [1.54, 1.807) is 20.3 Å². The highest BCUT2D eigenvalue weighted by atomic mass is 16.5. The predicted molar refractivity (Wildman–Crippen MR) is 96.4 cm³/mol. The molecule has 2 aromatic carbocycles. The van der Waals surface area contributed by atoms with Gasteiger partial charge in [0.2, 0.25) is 5.75 Å². The first kappa shape index (κ1) is 16.8. The normalized spacial score (nSPS) is 18.5. The summed E-state index contributed by atoms with van der Waals surface area (Å²) in [7, 11) is 4.70. The van der Waals surface area contributed by atoms with Crippen LogP contribution in [0.4, 0.5) is 0 Å². The molecule has 6 nitrogen and oxygen atoms in total. The zero-order valence-electron chi connectivity index (χ0n) is 15.2. The lowest BCUT2D eigenvalue weighted by Gasteiger charge is -2.42. The lowest BCUT2D eigenvalue weighted by Crippen LogP contribution is -2.39. The SMILES string of the molecule is COc1cc2c(c(O)c1OC)CCN1Cc3c(ccc(O)c3OC)C[C@@H]21. The van der Waals surface area contributed by atoms with Crippen molar-refractivity contribution in [3.05, 3.63) is 40.5 Å². The van der Waals surface area contributed by atoms with Gasteiger partial charge in [-0.2, -0.15) is 0 Å². The van der Waals surface area contributed by atoms with Crippen LogP contribution >= 0.6 is 0 Å². The van der Waals surface area contributed by atoms with Crippen molar-refractivity contribution in [2.45, 2.75) is 25.4 Å².